The molecular weight excluding hydrogens is 330 g/mol. The molecule has 0 aliphatic heterocycles. The normalized spacial score (nSPS) is 11.2. The van der Waals surface area contributed by atoms with E-state index in [0.29, 0.717) is 27.7 Å². The Morgan fingerprint density at radius 2 is 2.00 bits per heavy atom. The third kappa shape index (κ3) is 4.45. The molecule has 1 heterocycles. The summed E-state index contributed by atoms with van der Waals surface area (Å²) < 4.78 is 5.06. The number of hydrogen-bond acceptors (Lipinski definition) is 4. The molecule has 0 aliphatic carbocycles. The van der Waals surface area contributed by atoms with Crippen LogP contribution in [-0.2, 0) is 4.79 Å². The first-order valence-electron chi connectivity index (χ1n) is 7.31. The minimum Gasteiger partial charge on any atom is -0.469 e. The fourth-order valence-electron chi connectivity index (χ4n) is 2.04. The highest BCUT2D eigenvalue weighted by Gasteiger charge is 2.11. The number of carbonyl (C=O) groups excluding carboxylic acids is 2. The van der Waals surface area contributed by atoms with Crippen molar-refractivity contribution < 1.29 is 14.0 Å². The maximum Gasteiger partial charge on any atom is 0.274 e. The molecule has 1 aromatic carbocycles. The fourth-order valence-corrected chi connectivity index (χ4v) is 2.21. The summed E-state index contributed by atoms with van der Waals surface area (Å²) in [6.07, 6.45) is 1.48. The summed E-state index contributed by atoms with van der Waals surface area (Å²) in [6.45, 7) is 5.17. The topological polar surface area (TPSA) is 83.7 Å². The summed E-state index contributed by atoms with van der Waals surface area (Å²) in [5.41, 5.74) is 4.73. The number of rotatable bonds is 5. The Labute approximate surface area is 144 Å². The van der Waals surface area contributed by atoms with Crippen LogP contribution in [0.2, 0.25) is 5.02 Å². The summed E-state index contributed by atoms with van der Waals surface area (Å²) in [7, 11) is 0. The van der Waals surface area contributed by atoms with E-state index in [0.717, 1.165) is 5.56 Å². The molecule has 2 amide bonds. The van der Waals surface area contributed by atoms with Gasteiger partial charge >= 0.3 is 0 Å². The highest BCUT2D eigenvalue weighted by molar-refractivity contribution is 6.31. The molecule has 6 nitrogen and oxygen atoms in total. The van der Waals surface area contributed by atoms with Gasteiger partial charge < -0.3 is 9.73 Å². The van der Waals surface area contributed by atoms with Crippen LogP contribution in [0.5, 0.6) is 0 Å². The molecule has 0 fully saturated rings. The predicted molar refractivity (Wildman–Crippen MR) is 93.5 cm³/mol. The number of amides is 2. The van der Waals surface area contributed by atoms with Crippen LogP contribution >= 0.6 is 11.6 Å². The molecule has 0 atom stereocenters. The molecule has 2 rings (SSSR count). The highest BCUT2D eigenvalue weighted by atomic mass is 35.5. The first kappa shape index (κ1) is 17.7. The summed E-state index contributed by atoms with van der Waals surface area (Å²) >= 11 is 6.02. The Morgan fingerprint density at radius 3 is 2.67 bits per heavy atom. The molecular formula is C17H18ClN3O3. The van der Waals surface area contributed by atoms with Gasteiger partial charge in [-0.25, -0.2) is 5.43 Å². The maximum atomic E-state index is 12.1. The van der Waals surface area contributed by atoms with Crippen LogP contribution in [0.15, 0.2) is 40.0 Å². The van der Waals surface area contributed by atoms with Crippen molar-refractivity contribution in [2.75, 3.05) is 5.32 Å². The zero-order valence-electron chi connectivity index (χ0n) is 13.6. The lowest BCUT2D eigenvalue weighted by atomic mass is 10.2. The Balaban J connectivity index is 1.92. The van der Waals surface area contributed by atoms with Crippen molar-refractivity contribution in [1.29, 1.82) is 0 Å². The van der Waals surface area contributed by atoms with Crippen molar-refractivity contribution in [2.45, 2.75) is 27.2 Å². The fraction of sp³-hybridized carbons (Fsp3) is 0.235. The van der Waals surface area contributed by atoms with Gasteiger partial charge in [0.25, 0.3) is 5.91 Å². The van der Waals surface area contributed by atoms with E-state index < -0.39 is 0 Å². The van der Waals surface area contributed by atoms with E-state index >= 15 is 0 Å². The minimum absolute atomic E-state index is 0.0522. The van der Waals surface area contributed by atoms with Crippen molar-refractivity contribution in [1.82, 2.24) is 5.43 Å². The van der Waals surface area contributed by atoms with Gasteiger partial charge in [0.2, 0.25) is 5.91 Å². The van der Waals surface area contributed by atoms with Gasteiger partial charge in [0.05, 0.1) is 18.2 Å². The van der Waals surface area contributed by atoms with E-state index in [1.165, 1.54) is 6.26 Å². The lowest BCUT2D eigenvalue weighted by Crippen LogP contribution is -2.21. The van der Waals surface area contributed by atoms with Crippen molar-refractivity contribution in [3.05, 3.63) is 52.4 Å². The Morgan fingerprint density at radius 1 is 1.25 bits per heavy atom. The van der Waals surface area contributed by atoms with Crippen LogP contribution in [0.4, 0.5) is 5.69 Å². The molecule has 2 aromatic rings. The number of hydrogen-bond donors (Lipinski definition) is 2. The van der Waals surface area contributed by atoms with Crippen molar-refractivity contribution in [2.24, 2.45) is 5.10 Å². The Hall–Kier alpha value is -2.60. The number of furan rings is 1. The molecule has 0 spiro atoms. The van der Waals surface area contributed by atoms with Crippen LogP contribution in [0.3, 0.4) is 0 Å². The number of hydrazone groups is 1. The van der Waals surface area contributed by atoms with E-state index in [-0.39, 0.29) is 18.2 Å². The van der Waals surface area contributed by atoms with Crippen LogP contribution in [0, 0.1) is 13.8 Å². The van der Waals surface area contributed by atoms with Gasteiger partial charge in [-0.05, 0) is 44.5 Å². The van der Waals surface area contributed by atoms with Crippen molar-refractivity contribution in [3.8, 4) is 0 Å². The molecule has 1 aromatic heterocycles. The van der Waals surface area contributed by atoms with Gasteiger partial charge in [0, 0.05) is 16.4 Å². The van der Waals surface area contributed by atoms with E-state index in [1.807, 2.05) is 6.92 Å². The molecule has 24 heavy (non-hydrogen) atoms. The smallest absolute Gasteiger partial charge is 0.274 e. The van der Waals surface area contributed by atoms with Gasteiger partial charge in [-0.3, -0.25) is 9.59 Å². The number of nitrogens with one attached hydrogen (secondary N) is 2. The molecule has 0 radical (unpaired) electrons. The monoisotopic (exact) mass is 347 g/mol. The number of nitrogens with zero attached hydrogens (tertiary/aromatic N) is 1. The van der Waals surface area contributed by atoms with Crippen molar-refractivity contribution >= 4 is 34.8 Å². The lowest BCUT2D eigenvalue weighted by molar-refractivity contribution is -0.115. The van der Waals surface area contributed by atoms with Crippen molar-refractivity contribution in [3.63, 3.8) is 0 Å². The van der Waals surface area contributed by atoms with Gasteiger partial charge in [0.15, 0.2) is 0 Å². The predicted octanol–water partition coefficient (Wildman–Crippen LogP) is 3.68. The third-order valence-electron chi connectivity index (χ3n) is 3.41. The van der Waals surface area contributed by atoms with Crippen LogP contribution in [-0.4, -0.2) is 17.5 Å². The number of anilines is 1. The molecule has 126 valence electrons. The number of benzene rings is 1. The largest absolute Gasteiger partial charge is 0.469 e. The molecule has 0 aliphatic rings. The summed E-state index contributed by atoms with van der Waals surface area (Å²) in [5.74, 6) is -0.114. The second-order valence-corrected chi connectivity index (χ2v) is 5.72. The molecule has 7 heteroatoms. The zero-order valence-corrected chi connectivity index (χ0v) is 14.4. The van der Waals surface area contributed by atoms with Crippen LogP contribution < -0.4 is 10.7 Å². The average molecular weight is 348 g/mol. The zero-order chi connectivity index (χ0) is 17.7. The summed E-state index contributed by atoms with van der Waals surface area (Å²) in [6, 6.07) is 6.85. The molecule has 0 saturated carbocycles. The Bertz CT molecular complexity index is 796. The average Bonchev–Trinajstić information content (AvgIpc) is 2.95. The van der Waals surface area contributed by atoms with Gasteiger partial charge in [-0.1, -0.05) is 17.7 Å². The van der Waals surface area contributed by atoms with E-state index in [9.17, 15) is 9.59 Å². The second kappa shape index (κ2) is 7.79. The minimum atomic E-state index is -0.383. The third-order valence-corrected chi connectivity index (χ3v) is 3.82. The SMILES string of the molecule is C/C(CC(=O)Nc1cccc(Cl)c1C)=N\NC(=O)c1ccoc1C. The standard InChI is InChI=1S/C17H18ClN3O3/c1-10(20-21-17(23)13-7-8-24-12(13)3)9-16(22)19-15-6-4-5-14(18)11(15)2/h4-8H,9H2,1-3H3,(H,19,22)(H,21,23)/b20-10+. The van der Waals surface area contributed by atoms with E-state index in [2.05, 4.69) is 15.8 Å². The molecule has 2 N–H and O–H groups in total. The highest BCUT2D eigenvalue weighted by Crippen LogP contribution is 2.22. The maximum absolute atomic E-state index is 12.1. The summed E-state index contributed by atoms with van der Waals surface area (Å²) in [5, 5.41) is 7.29. The lowest BCUT2D eigenvalue weighted by Gasteiger charge is -2.09. The first-order chi connectivity index (χ1) is 11.4. The van der Waals surface area contributed by atoms with E-state index in [1.54, 1.807) is 38.1 Å². The summed E-state index contributed by atoms with van der Waals surface area (Å²) in [4.78, 5) is 23.9. The first-order valence-corrected chi connectivity index (χ1v) is 7.69. The van der Waals surface area contributed by atoms with Gasteiger partial charge in [0.1, 0.15) is 5.76 Å². The number of halogens is 1. The second-order valence-electron chi connectivity index (χ2n) is 5.32. The van der Waals surface area contributed by atoms with Gasteiger partial charge in [-0.15, -0.1) is 0 Å². The van der Waals surface area contributed by atoms with Crippen LogP contribution in [0.1, 0.15) is 35.0 Å². The quantitative estimate of drug-likeness (QED) is 0.639. The molecule has 0 unspecified atom stereocenters. The number of aryl methyl sites for hydroxylation is 1. The Kier molecular flexibility index (Phi) is 5.76. The molecule has 0 saturated heterocycles. The molecule has 0 bridgehead atoms. The van der Waals surface area contributed by atoms with E-state index in [4.69, 9.17) is 16.0 Å². The number of carbonyl (C=O) groups is 2. The van der Waals surface area contributed by atoms with Gasteiger partial charge in [-0.2, -0.15) is 5.10 Å². The van der Waals surface area contributed by atoms with Crippen LogP contribution in [0.25, 0.3) is 0 Å².